The summed E-state index contributed by atoms with van der Waals surface area (Å²) in [4.78, 5) is 11.5. The van der Waals surface area contributed by atoms with Crippen molar-refractivity contribution in [2.75, 3.05) is 12.4 Å². The van der Waals surface area contributed by atoms with E-state index in [0.29, 0.717) is 10.8 Å². The average Bonchev–Trinajstić information content (AvgIpc) is 2.92. The predicted octanol–water partition coefficient (Wildman–Crippen LogP) is 3.67. The third-order valence-corrected chi connectivity index (χ3v) is 3.49. The SMILES string of the molecule is COc1cc(Cl)c(C)cc1Nc1ncnc2[nH]ccc12. The van der Waals surface area contributed by atoms with Gasteiger partial charge in [-0.3, -0.25) is 0 Å². The van der Waals surface area contributed by atoms with Gasteiger partial charge in [0.1, 0.15) is 23.5 Å². The van der Waals surface area contributed by atoms with Gasteiger partial charge in [-0.1, -0.05) is 11.6 Å². The van der Waals surface area contributed by atoms with Crippen molar-refractivity contribution in [3.8, 4) is 5.75 Å². The molecule has 0 saturated carbocycles. The number of rotatable bonds is 3. The van der Waals surface area contributed by atoms with E-state index in [1.807, 2.05) is 25.3 Å². The van der Waals surface area contributed by atoms with Crippen LogP contribution in [0, 0.1) is 6.92 Å². The van der Waals surface area contributed by atoms with E-state index in [-0.39, 0.29) is 0 Å². The number of ether oxygens (including phenoxy) is 1. The first-order valence-electron chi connectivity index (χ1n) is 6.08. The summed E-state index contributed by atoms with van der Waals surface area (Å²) in [5, 5.41) is 4.85. The molecule has 0 saturated heterocycles. The van der Waals surface area contributed by atoms with Crippen molar-refractivity contribution in [2.24, 2.45) is 0 Å². The van der Waals surface area contributed by atoms with Crippen LogP contribution in [0.4, 0.5) is 11.5 Å². The van der Waals surface area contributed by atoms with Crippen LogP contribution < -0.4 is 10.1 Å². The molecule has 0 amide bonds. The van der Waals surface area contributed by atoms with E-state index in [1.54, 1.807) is 13.2 Å². The Balaban J connectivity index is 2.07. The number of aryl methyl sites for hydroxylation is 1. The van der Waals surface area contributed by atoms with Crippen molar-refractivity contribution in [1.82, 2.24) is 15.0 Å². The molecule has 102 valence electrons. The topological polar surface area (TPSA) is 62.8 Å². The fourth-order valence-corrected chi connectivity index (χ4v) is 2.18. The number of fused-ring (bicyclic) bond motifs is 1. The Morgan fingerprint density at radius 1 is 1.30 bits per heavy atom. The van der Waals surface area contributed by atoms with E-state index in [0.717, 1.165) is 28.1 Å². The van der Waals surface area contributed by atoms with Gasteiger partial charge in [-0.25, -0.2) is 9.97 Å². The molecule has 0 bridgehead atoms. The quantitative estimate of drug-likeness (QED) is 0.772. The van der Waals surface area contributed by atoms with Crippen molar-refractivity contribution in [2.45, 2.75) is 6.92 Å². The lowest BCUT2D eigenvalue weighted by Crippen LogP contribution is -1.98. The summed E-state index contributed by atoms with van der Waals surface area (Å²) in [6, 6.07) is 5.64. The molecule has 0 aliphatic heterocycles. The molecule has 2 N–H and O–H groups in total. The Hall–Kier alpha value is -2.27. The Bertz CT molecular complexity index is 769. The summed E-state index contributed by atoms with van der Waals surface area (Å²) >= 11 is 6.11. The van der Waals surface area contributed by atoms with E-state index in [4.69, 9.17) is 16.3 Å². The van der Waals surface area contributed by atoms with Crippen LogP contribution in [0.25, 0.3) is 11.0 Å². The van der Waals surface area contributed by atoms with Crippen LogP contribution >= 0.6 is 11.6 Å². The van der Waals surface area contributed by atoms with Crippen molar-refractivity contribution >= 4 is 34.1 Å². The van der Waals surface area contributed by atoms with E-state index >= 15 is 0 Å². The smallest absolute Gasteiger partial charge is 0.143 e. The second-order valence-electron chi connectivity index (χ2n) is 4.39. The number of nitrogens with zero attached hydrogens (tertiary/aromatic N) is 2. The molecule has 0 spiro atoms. The van der Waals surface area contributed by atoms with Gasteiger partial charge in [0.05, 0.1) is 18.2 Å². The lowest BCUT2D eigenvalue weighted by molar-refractivity contribution is 0.416. The predicted molar refractivity (Wildman–Crippen MR) is 79.9 cm³/mol. The number of aromatic amines is 1. The van der Waals surface area contributed by atoms with Gasteiger partial charge in [-0.05, 0) is 24.6 Å². The molecule has 3 aromatic rings. The minimum atomic E-state index is 0.668. The minimum Gasteiger partial charge on any atom is -0.495 e. The number of nitrogens with one attached hydrogen (secondary N) is 2. The van der Waals surface area contributed by atoms with Crippen molar-refractivity contribution in [3.05, 3.63) is 41.3 Å². The number of H-pyrrole nitrogens is 1. The molecule has 0 aliphatic carbocycles. The van der Waals surface area contributed by atoms with Gasteiger partial charge < -0.3 is 15.0 Å². The van der Waals surface area contributed by atoms with Crippen LogP contribution in [0.15, 0.2) is 30.7 Å². The van der Waals surface area contributed by atoms with E-state index in [9.17, 15) is 0 Å². The van der Waals surface area contributed by atoms with Gasteiger partial charge in [0.25, 0.3) is 0 Å². The number of hydrogen-bond acceptors (Lipinski definition) is 4. The molecule has 0 aliphatic rings. The van der Waals surface area contributed by atoms with Gasteiger partial charge in [0.2, 0.25) is 0 Å². The van der Waals surface area contributed by atoms with Crippen LogP contribution in [0.3, 0.4) is 0 Å². The van der Waals surface area contributed by atoms with E-state index < -0.39 is 0 Å². The molecule has 6 heteroatoms. The fourth-order valence-electron chi connectivity index (χ4n) is 2.03. The highest BCUT2D eigenvalue weighted by molar-refractivity contribution is 6.31. The first-order chi connectivity index (χ1) is 9.69. The Kier molecular flexibility index (Phi) is 3.20. The number of halogens is 1. The monoisotopic (exact) mass is 288 g/mol. The van der Waals surface area contributed by atoms with E-state index in [2.05, 4.69) is 20.3 Å². The molecule has 0 unspecified atom stereocenters. The molecule has 2 heterocycles. The molecule has 5 nitrogen and oxygen atoms in total. The van der Waals surface area contributed by atoms with Crippen molar-refractivity contribution in [3.63, 3.8) is 0 Å². The molecular weight excluding hydrogens is 276 g/mol. The van der Waals surface area contributed by atoms with Crippen LogP contribution in [-0.2, 0) is 0 Å². The van der Waals surface area contributed by atoms with Crippen LogP contribution in [-0.4, -0.2) is 22.1 Å². The number of hydrogen-bond donors (Lipinski definition) is 2. The third kappa shape index (κ3) is 2.16. The highest BCUT2D eigenvalue weighted by Gasteiger charge is 2.10. The average molecular weight is 289 g/mol. The maximum Gasteiger partial charge on any atom is 0.143 e. The van der Waals surface area contributed by atoms with Gasteiger partial charge in [0, 0.05) is 17.3 Å². The van der Waals surface area contributed by atoms with Crippen LogP contribution in [0.2, 0.25) is 5.02 Å². The first-order valence-corrected chi connectivity index (χ1v) is 6.46. The Morgan fingerprint density at radius 3 is 2.95 bits per heavy atom. The van der Waals surface area contributed by atoms with Crippen molar-refractivity contribution < 1.29 is 4.74 Å². The maximum absolute atomic E-state index is 6.11. The van der Waals surface area contributed by atoms with Gasteiger partial charge >= 0.3 is 0 Å². The number of benzene rings is 1. The normalized spacial score (nSPS) is 10.8. The molecule has 2 aromatic heterocycles. The first kappa shape index (κ1) is 12.7. The molecule has 0 atom stereocenters. The second-order valence-corrected chi connectivity index (χ2v) is 4.80. The van der Waals surface area contributed by atoms with Crippen LogP contribution in [0.1, 0.15) is 5.56 Å². The van der Waals surface area contributed by atoms with Crippen LogP contribution in [0.5, 0.6) is 5.75 Å². The highest BCUT2D eigenvalue weighted by atomic mass is 35.5. The largest absolute Gasteiger partial charge is 0.495 e. The molecular formula is C14H13ClN4O. The van der Waals surface area contributed by atoms with Gasteiger partial charge in [-0.2, -0.15) is 0 Å². The zero-order chi connectivity index (χ0) is 14.1. The standard InChI is InChI=1S/C14H13ClN4O/c1-8-5-11(12(20-2)6-10(8)15)19-14-9-3-4-16-13(9)17-7-18-14/h3-7H,1-2H3,(H2,16,17,18,19). The molecule has 20 heavy (non-hydrogen) atoms. The second kappa shape index (κ2) is 5.02. The summed E-state index contributed by atoms with van der Waals surface area (Å²) in [6.07, 6.45) is 3.34. The third-order valence-electron chi connectivity index (χ3n) is 3.09. The lowest BCUT2D eigenvalue weighted by atomic mass is 10.2. The Morgan fingerprint density at radius 2 is 2.15 bits per heavy atom. The zero-order valence-corrected chi connectivity index (χ0v) is 11.8. The number of anilines is 2. The summed E-state index contributed by atoms with van der Waals surface area (Å²) in [5.41, 5.74) is 2.57. The maximum atomic E-state index is 6.11. The summed E-state index contributed by atoms with van der Waals surface area (Å²) in [6.45, 7) is 1.94. The summed E-state index contributed by atoms with van der Waals surface area (Å²) < 4.78 is 5.35. The molecule has 0 fully saturated rings. The summed E-state index contributed by atoms with van der Waals surface area (Å²) in [5.74, 6) is 1.39. The zero-order valence-electron chi connectivity index (χ0n) is 11.1. The van der Waals surface area contributed by atoms with Gasteiger partial charge in [-0.15, -0.1) is 0 Å². The van der Waals surface area contributed by atoms with Gasteiger partial charge in [0.15, 0.2) is 0 Å². The molecule has 3 rings (SSSR count). The number of methoxy groups -OCH3 is 1. The summed E-state index contributed by atoms with van der Waals surface area (Å²) in [7, 11) is 1.61. The van der Waals surface area contributed by atoms with Crippen molar-refractivity contribution in [1.29, 1.82) is 0 Å². The lowest BCUT2D eigenvalue weighted by Gasteiger charge is -2.13. The number of aromatic nitrogens is 3. The fraction of sp³-hybridized carbons (Fsp3) is 0.143. The molecule has 0 radical (unpaired) electrons. The minimum absolute atomic E-state index is 0.668. The Labute approximate surface area is 121 Å². The molecule has 1 aromatic carbocycles. The van der Waals surface area contributed by atoms with E-state index in [1.165, 1.54) is 6.33 Å². The highest BCUT2D eigenvalue weighted by Crippen LogP contribution is 2.33.